The van der Waals surface area contributed by atoms with Gasteiger partial charge in [0.15, 0.2) is 5.78 Å². The van der Waals surface area contributed by atoms with Crippen LogP contribution in [0.5, 0.6) is 0 Å². The lowest BCUT2D eigenvalue weighted by atomic mass is 10.0. The number of esters is 1. The van der Waals surface area contributed by atoms with Crippen LogP contribution in [-0.4, -0.2) is 43.6 Å². The second-order valence-corrected chi connectivity index (χ2v) is 7.02. The van der Waals surface area contributed by atoms with E-state index in [1.807, 2.05) is 60.9 Å². The maximum absolute atomic E-state index is 12.9. The van der Waals surface area contributed by atoms with Crippen molar-refractivity contribution in [2.24, 2.45) is 0 Å². The number of benzene rings is 2. The number of Topliss-reactive ketones (excluding diaryl/α,β-unsaturated/α-hetero) is 1. The fourth-order valence-corrected chi connectivity index (χ4v) is 3.09. The number of hydrogen-bond donors (Lipinski definition) is 0. The summed E-state index contributed by atoms with van der Waals surface area (Å²) in [5, 5.41) is 0. The van der Waals surface area contributed by atoms with Gasteiger partial charge in [-0.15, -0.1) is 11.8 Å². The van der Waals surface area contributed by atoms with Crippen molar-refractivity contribution in [1.82, 2.24) is 4.90 Å². The van der Waals surface area contributed by atoms with Gasteiger partial charge < -0.3 is 9.64 Å². The Balaban J connectivity index is 2.25. The number of likely N-dealkylation sites (N-methyl/N-ethyl adjacent to an activating group) is 1. The van der Waals surface area contributed by atoms with Crippen molar-refractivity contribution in [2.45, 2.75) is 6.92 Å². The molecule has 0 N–H and O–H groups in total. The predicted molar refractivity (Wildman–Crippen MR) is 116 cm³/mol. The maximum atomic E-state index is 12.9. The molecule has 0 bridgehead atoms. The summed E-state index contributed by atoms with van der Waals surface area (Å²) in [5.41, 5.74) is 3.16. The molecule has 0 aliphatic rings. The second kappa shape index (κ2) is 10.5. The van der Waals surface area contributed by atoms with E-state index in [1.165, 1.54) is 11.8 Å². The average molecular weight is 396 g/mol. The number of ketones is 1. The Labute approximate surface area is 170 Å². The normalized spacial score (nSPS) is 11.9. The number of hydrogen-bond acceptors (Lipinski definition) is 5. The molecule has 0 aliphatic heterocycles. The molecule has 4 nitrogen and oxygen atoms in total. The van der Waals surface area contributed by atoms with E-state index in [0.29, 0.717) is 22.8 Å². The van der Waals surface area contributed by atoms with Crippen molar-refractivity contribution in [3.8, 4) is 11.1 Å². The fourth-order valence-electron chi connectivity index (χ4n) is 2.58. The van der Waals surface area contributed by atoms with Gasteiger partial charge >= 0.3 is 5.97 Å². The van der Waals surface area contributed by atoms with E-state index in [9.17, 15) is 9.59 Å². The second-order valence-electron chi connectivity index (χ2n) is 6.17. The lowest BCUT2D eigenvalue weighted by molar-refractivity contribution is -0.140. The van der Waals surface area contributed by atoms with Crippen molar-refractivity contribution < 1.29 is 14.3 Å². The molecule has 2 aromatic rings. The number of allylic oxidation sites excluding steroid dienone is 3. The van der Waals surface area contributed by atoms with Gasteiger partial charge in [0.05, 0.1) is 11.5 Å². The molecule has 28 heavy (non-hydrogen) atoms. The zero-order valence-electron chi connectivity index (χ0n) is 16.6. The SMILES string of the molecule is CCOC(=O)/C(=C/C=C(\SC)C(=O)c1ccc(-c2ccccc2)cc1)N(C)C. The molecule has 0 amide bonds. The molecule has 0 aliphatic carbocycles. The van der Waals surface area contributed by atoms with E-state index in [4.69, 9.17) is 4.74 Å². The van der Waals surface area contributed by atoms with E-state index >= 15 is 0 Å². The highest BCUT2D eigenvalue weighted by Gasteiger charge is 2.14. The molecule has 2 rings (SSSR count). The summed E-state index contributed by atoms with van der Waals surface area (Å²) in [6, 6.07) is 17.6. The molecule has 0 spiro atoms. The van der Waals surface area contributed by atoms with Crippen LogP contribution in [0.25, 0.3) is 11.1 Å². The minimum Gasteiger partial charge on any atom is -0.461 e. The highest BCUT2D eigenvalue weighted by atomic mass is 32.2. The van der Waals surface area contributed by atoms with E-state index in [2.05, 4.69) is 0 Å². The van der Waals surface area contributed by atoms with E-state index in [1.54, 1.807) is 38.1 Å². The van der Waals surface area contributed by atoms with Gasteiger partial charge in [-0.3, -0.25) is 4.79 Å². The van der Waals surface area contributed by atoms with E-state index in [-0.39, 0.29) is 5.78 Å². The molecule has 0 fully saturated rings. The molecule has 0 aromatic heterocycles. The molecule has 146 valence electrons. The monoisotopic (exact) mass is 395 g/mol. The predicted octanol–water partition coefficient (Wildman–Crippen LogP) is 4.79. The van der Waals surface area contributed by atoms with E-state index in [0.717, 1.165) is 11.1 Å². The summed E-state index contributed by atoms with van der Waals surface area (Å²) in [7, 11) is 3.53. The first kappa shape index (κ1) is 21.5. The summed E-state index contributed by atoms with van der Waals surface area (Å²) in [5.74, 6) is -0.491. The Hall–Kier alpha value is -2.79. The molecule has 0 atom stereocenters. The highest BCUT2D eigenvalue weighted by molar-refractivity contribution is 8.03. The number of nitrogens with zero attached hydrogens (tertiary/aromatic N) is 1. The summed E-state index contributed by atoms with van der Waals surface area (Å²) in [4.78, 5) is 27.1. The van der Waals surface area contributed by atoms with Crippen LogP contribution >= 0.6 is 11.8 Å². The number of rotatable bonds is 8. The van der Waals surface area contributed by atoms with Gasteiger partial charge in [-0.25, -0.2) is 4.79 Å². The van der Waals surface area contributed by atoms with Gasteiger partial charge in [0.2, 0.25) is 0 Å². The Morgan fingerprint density at radius 1 is 0.964 bits per heavy atom. The van der Waals surface area contributed by atoms with Gasteiger partial charge in [-0.2, -0.15) is 0 Å². The molecule has 0 heterocycles. The highest BCUT2D eigenvalue weighted by Crippen LogP contribution is 2.23. The zero-order chi connectivity index (χ0) is 20.5. The molecule has 5 heteroatoms. The first-order valence-electron chi connectivity index (χ1n) is 8.98. The topological polar surface area (TPSA) is 46.6 Å². The molecule has 0 saturated heterocycles. The summed E-state index contributed by atoms with van der Waals surface area (Å²) < 4.78 is 5.06. The Morgan fingerprint density at radius 2 is 1.57 bits per heavy atom. The summed E-state index contributed by atoms with van der Waals surface area (Å²) >= 11 is 1.35. The van der Waals surface area contributed by atoms with Gasteiger partial charge in [0.25, 0.3) is 0 Å². The third-order valence-electron chi connectivity index (χ3n) is 4.06. The lowest BCUT2D eigenvalue weighted by Crippen LogP contribution is -2.21. The molecule has 0 saturated carbocycles. The third-order valence-corrected chi connectivity index (χ3v) is 4.82. The van der Waals surface area contributed by atoms with Crippen molar-refractivity contribution in [3.63, 3.8) is 0 Å². The zero-order valence-corrected chi connectivity index (χ0v) is 17.5. The summed E-state index contributed by atoms with van der Waals surface area (Å²) in [6.45, 7) is 2.06. The van der Waals surface area contributed by atoms with Crippen LogP contribution < -0.4 is 0 Å². The van der Waals surface area contributed by atoms with Crippen LogP contribution in [0.4, 0.5) is 0 Å². The number of thioether (sulfide) groups is 1. The number of ether oxygens (including phenoxy) is 1. The van der Waals surface area contributed by atoms with Crippen LogP contribution in [0.15, 0.2) is 77.4 Å². The lowest BCUT2D eigenvalue weighted by Gasteiger charge is -2.15. The number of carbonyl (C=O) groups is 2. The molecular weight excluding hydrogens is 370 g/mol. The largest absolute Gasteiger partial charge is 0.461 e. The fraction of sp³-hybridized carbons (Fsp3) is 0.217. The van der Waals surface area contributed by atoms with Crippen molar-refractivity contribution in [2.75, 3.05) is 27.0 Å². The third kappa shape index (κ3) is 5.60. The van der Waals surface area contributed by atoms with Crippen LogP contribution in [0, 0.1) is 0 Å². The van der Waals surface area contributed by atoms with Gasteiger partial charge in [0.1, 0.15) is 5.70 Å². The number of carbonyl (C=O) groups excluding carboxylic acids is 2. The van der Waals surface area contributed by atoms with Crippen LogP contribution in [0.1, 0.15) is 17.3 Å². The van der Waals surface area contributed by atoms with Gasteiger partial charge in [0, 0.05) is 19.7 Å². The first-order valence-corrected chi connectivity index (χ1v) is 10.2. The minimum atomic E-state index is -0.413. The maximum Gasteiger partial charge on any atom is 0.354 e. The summed E-state index contributed by atoms with van der Waals surface area (Å²) in [6.07, 6.45) is 5.14. The standard InChI is InChI=1S/C23H25NO3S/c1-5-27-23(26)20(24(2)3)15-16-21(28-4)22(25)19-13-11-18(12-14-19)17-9-7-6-8-10-17/h6-16H,5H2,1-4H3/b20-15-,21-16-. The van der Waals surface area contributed by atoms with Crippen LogP contribution in [0.2, 0.25) is 0 Å². The minimum absolute atomic E-state index is 0.0784. The molecular formula is C23H25NO3S. The van der Waals surface area contributed by atoms with Crippen LogP contribution in [-0.2, 0) is 9.53 Å². The van der Waals surface area contributed by atoms with Crippen LogP contribution in [0.3, 0.4) is 0 Å². The van der Waals surface area contributed by atoms with E-state index < -0.39 is 5.97 Å². The Bertz CT molecular complexity index is 868. The Kier molecular flexibility index (Phi) is 8.08. The van der Waals surface area contributed by atoms with Gasteiger partial charge in [-0.05, 0) is 36.5 Å². The first-order chi connectivity index (χ1) is 13.5. The molecule has 0 unspecified atom stereocenters. The quantitative estimate of drug-likeness (QED) is 0.278. The van der Waals surface area contributed by atoms with Gasteiger partial charge in [-0.1, -0.05) is 54.6 Å². The van der Waals surface area contributed by atoms with Crippen molar-refractivity contribution in [1.29, 1.82) is 0 Å². The average Bonchev–Trinajstić information content (AvgIpc) is 2.71. The molecule has 2 aromatic carbocycles. The smallest absolute Gasteiger partial charge is 0.354 e. The van der Waals surface area contributed by atoms with Crippen molar-refractivity contribution >= 4 is 23.5 Å². The van der Waals surface area contributed by atoms with Crippen molar-refractivity contribution in [3.05, 3.63) is 82.9 Å². The molecule has 0 radical (unpaired) electrons. The Morgan fingerprint density at radius 3 is 2.11 bits per heavy atom.